The van der Waals surface area contributed by atoms with Crippen LogP contribution in [-0.4, -0.2) is 12.9 Å². The smallest absolute Gasteiger partial charge is 0.190 e. The first kappa shape index (κ1) is 16.6. The summed E-state index contributed by atoms with van der Waals surface area (Å²) in [6.45, 7) is 1.94. The minimum Gasteiger partial charge on any atom is -0.495 e. The van der Waals surface area contributed by atoms with Crippen molar-refractivity contribution in [1.29, 1.82) is 0 Å². The van der Waals surface area contributed by atoms with Crippen LogP contribution in [0.25, 0.3) is 6.08 Å². The van der Waals surface area contributed by atoms with E-state index in [1.165, 1.54) is 7.11 Å². The molecule has 0 radical (unpaired) electrons. The van der Waals surface area contributed by atoms with Gasteiger partial charge >= 0.3 is 0 Å². The minimum absolute atomic E-state index is 0.124. The number of Topliss-reactive ketones (excluding diaryl/α,β-unsaturated/α-hetero) is 1. The fourth-order valence-electron chi connectivity index (χ4n) is 2.12. The normalized spacial score (nSPS) is 11.4. The van der Waals surface area contributed by atoms with E-state index in [9.17, 15) is 4.79 Å². The van der Waals surface area contributed by atoms with Gasteiger partial charge in [-0.1, -0.05) is 60.5 Å². The Hall–Kier alpha value is -1.77. The molecule has 0 N–H and O–H groups in total. The summed E-state index contributed by atoms with van der Waals surface area (Å²) < 4.78 is 5.10. The van der Waals surface area contributed by atoms with Crippen LogP contribution in [0.4, 0.5) is 0 Å². The van der Waals surface area contributed by atoms with Gasteiger partial charge in [-0.05, 0) is 30.2 Å². The Balaban J connectivity index is 2.42. The molecule has 0 spiro atoms. The monoisotopic (exact) mass is 334 g/mol. The number of methoxy groups -OCH3 is 1. The van der Waals surface area contributed by atoms with Gasteiger partial charge in [0.1, 0.15) is 10.8 Å². The van der Waals surface area contributed by atoms with Gasteiger partial charge in [0.2, 0.25) is 0 Å². The van der Waals surface area contributed by atoms with Crippen LogP contribution >= 0.6 is 23.2 Å². The highest BCUT2D eigenvalue weighted by Gasteiger charge is 2.18. The summed E-state index contributed by atoms with van der Waals surface area (Å²) in [4.78, 5) is 12.7. The third-order valence-corrected chi connectivity index (χ3v) is 4.19. The molecular formula is C18H16Cl2O2. The van der Waals surface area contributed by atoms with E-state index in [1.54, 1.807) is 12.1 Å². The second kappa shape index (κ2) is 7.48. The van der Waals surface area contributed by atoms with Crippen molar-refractivity contribution < 1.29 is 9.53 Å². The molecule has 0 fully saturated rings. The third kappa shape index (κ3) is 3.52. The van der Waals surface area contributed by atoms with E-state index in [1.807, 2.05) is 43.3 Å². The molecule has 0 saturated carbocycles. The summed E-state index contributed by atoms with van der Waals surface area (Å²) in [7, 11) is 1.51. The summed E-state index contributed by atoms with van der Waals surface area (Å²) in [5.41, 5.74) is 2.04. The van der Waals surface area contributed by atoms with Crippen molar-refractivity contribution in [3.05, 3.63) is 69.2 Å². The van der Waals surface area contributed by atoms with Crippen molar-refractivity contribution in [2.45, 2.75) is 13.3 Å². The maximum Gasteiger partial charge on any atom is 0.190 e. The highest BCUT2D eigenvalue weighted by molar-refractivity contribution is 6.45. The van der Waals surface area contributed by atoms with Gasteiger partial charge in [0.15, 0.2) is 5.78 Å². The number of hydrogen-bond acceptors (Lipinski definition) is 2. The molecule has 2 aromatic rings. The summed E-state index contributed by atoms with van der Waals surface area (Å²) in [6.07, 6.45) is 2.48. The first-order valence-corrected chi connectivity index (χ1v) is 7.66. The Morgan fingerprint density at radius 1 is 1.09 bits per heavy atom. The van der Waals surface area contributed by atoms with E-state index in [4.69, 9.17) is 27.9 Å². The van der Waals surface area contributed by atoms with Gasteiger partial charge in [-0.15, -0.1) is 0 Å². The summed E-state index contributed by atoms with van der Waals surface area (Å²) in [6, 6.07) is 13.0. The molecule has 114 valence electrons. The first-order valence-electron chi connectivity index (χ1n) is 6.90. The van der Waals surface area contributed by atoms with E-state index < -0.39 is 0 Å². The second-order valence-electron chi connectivity index (χ2n) is 4.71. The SMILES string of the molecule is CC/C(=C\c1ccccc1)C(=O)c1ccc(OC)c(Cl)c1Cl. The van der Waals surface area contributed by atoms with E-state index in [-0.39, 0.29) is 15.8 Å². The predicted octanol–water partition coefficient (Wildman–Crippen LogP) is 5.68. The van der Waals surface area contributed by atoms with Crippen LogP contribution in [0.5, 0.6) is 5.75 Å². The van der Waals surface area contributed by atoms with Crippen molar-refractivity contribution in [3.8, 4) is 5.75 Å². The lowest BCUT2D eigenvalue weighted by Gasteiger charge is -2.10. The number of carbonyl (C=O) groups is 1. The lowest BCUT2D eigenvalue weighted by molar-refractivity contribution is 0.103. The zero-order valence-electron chi connectivity index (χ0n) is 12.4. The van der Waals surface area contributed by atoms with Gasteiger partial charge in [-0.25, -0.2) is 0 Å². The third-order valence-electron chi connectivity index (χ3n) is 3.32. The standard InChI is InChI=1S/C18H16Cl2O2/c1-3-13(11-12-7-5-4-6-8-12)18(21)14-9-10-15(22-2)17(20)16(14)19/h4-11H,3H2,1-2H3/b13-11+. The molecule has 22 heavy (non-hydrogen) atoms. The lowest BCUT2D eigenvalue weighted by Crippen LogP contribution is -2.04. The number of carbonyl (C=O) groups excluding carboxylic acids is 1. The van der Waals surface area contributed by atoms with Crippen molar-refractivity contribution in [2.24, 2.45) is 0 Å². The Kier molecular flexibility index (Phi) is 5.64. The number of ether oxygens (including phenoxy) is 1. The fourth-order valence-corrected chi connectivity index (χ4v) is 2.60. The maximum atomic E-state index is 12.7. The largest absolute Gasteiger partial charge is 0.495 e. The molecule has 0 atom stereocenters. The molecule has 0 saturated heterocycles. The number of halogens is 2. The minimum atomic E-state index is -0.124. The Bertz CT molecular complexity index is 707. The molecule has 0 aliphatic carbocycles. The lowest BCUT2D eigenvalue weighted by atomic mass is 9.99. The van der Waals surface area contributed by atoms with Crippen LogP contribution in [0.15, 0.2) is 48.0 Å². The Labute approximate surface area is 140 Å². The number of benzene rings is 2. The molecule has 2 nitrogen and oxygen atoms in total. The maximum absolute atomic E-state index is 12.7. The highest BCUT2D eigenvalue weighted by Crippen LogP contribution is 2.35. The van der Waals surface area contributed by atoms with Gasteiger partial charge in [0.05, 0.1) is 12.1 Å². The topological polar surface area (TPSA) is 26.3 Å². The van der Waals surface area contributed by atoms with E-state index >= 15 is 0 Å². The molecule has 2 aromatic carbocycles. The quantitative estimate of drug-likeness (QED) is 0.519. The van der Waals surface area contributed by atoms with Gasteiger partial charge in [-0.2, -0.15) is 0 Å². The molecule has 0 aliphatic heterocycles. The van der Waals surface area contributed by atoms with Gasteiger partial charge in [-0.3, -0.25) is 4.79 Å². The van der Waals surface area contributed by atoms with Crippen LogP contribution in [0.1, 0.15) is 29.3 Å². The van der Waals surface area contributed by atoms with Crippen molar-refractivity contribution in [1.82, 2.24) is 0 Å². The van der Waals surface area contributed by atoms with Crippen molar-refractivity contribution in [3.63, 3.8) is 0 Å². The van der Waals surface area contributed by atoms with Crippen molar-refractivity contribution >= 4 is 35.1 Å². The first-order chi connectivity index (χ1) is 10.6. The molecule has 2 rings (SSSR count). The number of allylic oxidation sites excluding steroid dienone is 1. The fraction of sp³-hybridized carbons (Fsp3) is 0.167. The number of hydrogen-bond donors (Lipinski definition) is 0. The van der Waals surface area contributed by atoms with Gasteiger partial charge in [0.25, 0.3) is 0 Å². The van der Waals surface area contributed by atoms with E-state index in [2.05, 4.69) is 0 Å². The molecule has 4 heteroatoms. The van der Waals surface area contributed by atoms with Gasteiger partial charge < -0.3 is 4.74 Å². The molecule has 0 heterocycles. The summed E-state index contributed by atoms with van der Waals surface area (Å²) in [5.74, 6) is 0.328. The molecule has 0 bridgehead atoms. The van der Waals surface area contributed by atoms with Crippen molar-refractivity contribution in [2.75, 3.05) is 7.11 Å². The summed E-state index contributed by atoms with van der Waals surface area (Å²) in [5, 5.41) is 0.476. The van der Waals surface area contributed by atoms with Crippen LogP contribution in [0, 0.1) is 0 Å². The zero-order valence-corrected chi connectivity index (χ0v) is 13.9. The molecule has 0 amide bonds. The molecule has 0 unspecified atom stereocenters. The molecule has 0 aromatic heterocycles. The average molecular weight is 335 g/mol. The van der Waals surface area contributed by atoms with Crippen LogP contribution in [0.3, 0.4) is 0 Å². The average Bonchev–Trinajstić information content (AvgIpc) is 2.55. The zero-order chi connectivity index (χ0) is 16.1. The highest BCUT2D eigenvalue weighted by atomic mass is 35.5. The Morgan fingerprint density at radius 3 is 2.36 bits per heavy atom. The number of rotatable bonds is 5. The van der Waals surface area contributed by atoms with Crippen LogP contribution in [-0.2, 0) is 0 Å². The predicted molar refractivity (Wildman–Crippen MR) is 92.1 cm³/mol. The van der Waals surface area contributed by atoms with Crippen LogP contribution in [0.2, 0.25) is 10.0 Å². The second-order valence-corrected chi connectivity index (χ2v) is 5.46. The van der Waals surface area contributed by atoms with E-state index in [0.29, 0.717) is 23.3 Å². The molecular weight excluding hydrogens is 319 g/mol. The van der Waals surface area contributed by atoms with E-state index in [0.717, 1.165) is 5.56 Å². The Morgan fingerprint density at radius 2 is 1.77 bits per heavy atom. The number of ketones is 1. The van der Waals surface area contributed by atoms with Gasteiger partial charge in [0, 0.05) is 11.1 Å². The molecule has 0 aliphatic rings. The van der Waals surface area contributed by atoms with Crippen LogP contribution < -0.4 is 4.74 Å². The summed E-state index contributed by atoms with van der Waals surface area (Å²) >= 11 is 12.3.